The number of carbonyl (C=O) groups is 2. The van der Waals surface area contributed by atoms with Crippen LogP contribution < -0.4 is 15.5 Å². The molecule has 2 N–H and O–H groups in total. The van der Waals surface area contributed by atoms with Crippen molar-refractivity contribution in [3.8, 4) is 0 Å². The molecule has 2 amide bonds. The minimum atomic E-state index is -0.180. The molecule has 1 fully saturated rings. The zero-order valence-electron chi connectivity index (χ0n) is 20.3. The first kappa shape index (κ1) is 23.8. The van der Waals surface area contributed by atoms with Crippen LogP contribution in [-0.4, -0.2) is 30.9 Å². The van der Waals surface area contributed by atoms with Crippen LogP contribution in [0.5, 0.6) is 0 Å². The molecular formula is C27H37N3O2. The highest BCUT2D eigenvalue weighted by atomic mass is 16.2. The molecule has 0 radical (unpaired) electrons. The molecule has 5 nitrogen and oxygen atoms in total. The van der Waals surface area contributed by atoms with Crippen molar-refractivity contribution in [3.63, 3.8) is 0 Å². The Morgan fingerprint density at radius 1 is 0.969 bits per heavy atom. The van der Waals surface area contributed by atoms with E-state index in [1.54, 1.807) is 6.07 Å². The minimum Gasteiger partial charge on any atom is -0.371 e. The number of anilines is 2. The SMILES string of the molecule is CC1CCN(c2ccc(NC(=O)c3ccc(C(C)(C)C)cc3)cc2C(=O)NC(C)C)CC1. The molecule has 0 unspecified atom stereocenters. The van der Waals surface area contributed by atoms with Gasteiger partial charge in [-0.1, -0.05) is 39.8 Å². The van der Waals surface area contributed by atoms with Gasteiger partial charge in [0.15, 0.2) is 0 Å². The van der Waals surface area contributed by atoms with Crippen LogP contribution in [-0.2, 0) is 5.41 Å². The number of hydrogen-bond donors (Lipinski definition) is 2. The van der Waals surface area contributed by atoms with Crippen molar-refractivity contribution in [2.75, 3.05) is 23.3 Å². The van der Waals surface area contributed by atoms with Crippen molar-refractivity contribution in [3.05, 3.63) is 59.2 Å². The standard InChI is InChI=1S/C27H37N3O2/c1-18(2)28-26(32)23-17-22(11-12-24(23)30-15-13-19(3)14-16-30)29-25(31)20-7-9-21(10-8-20)27(4,5)6/h7-12,17-19H,13-16H2,1-6H3,(H,28,32)(H,29,31). The smallest absolute Gasteiger partial charge is 0.255 e. The van der Waals surface area contributed by atoms with Gasteiger partial charge in [0.05, 0.1) is 5.56 Å². The monoisotopic (exact) mass is 435 g/mol. The Bertz CT molecular complexity index is 950. The second-order valence-corrected chi connectivity index (χ2v) is 10.3. The van der Waals surface area contributed by atoms with Gasteiger partial charge in [-0.25, -0.2) is 0 Å². The molecule has 1 aliphatic heterocycles. The third-order valence-corrected chi connectivity index (χ3v) is 6.06. The van der Waals surface area contributed by atoms with Gasteiger partial charge in [-0.05, 0) is 73.9 Å². The Morgan fingerprint density at radius 2 is 1.59 bits per heavy atom. The number of piperidine rings is 1. The Labute approximate surface area is 192 Å². The van der Waals surface area contributed by atoms with Crippen LogP contribution in [0.3, 0.4) is 0 Å². The van der Waals surface area contributed by atoms with Gasteiger partial charge in [0.2, 0.25) is 0 Å². The highest BCUT2D eigenvalue weighted by Gasteiger charge is 2.22. The summed E-state index contributed by atoms with van der Waals surface area (Å²) in [5.41, 5.74) is 3.98. The Kier molecular flexibility index (Phi) is 7.27. The first-order chi connectivity index (χ1) is 15.0. The van der Waals surface area contributed by atoms with E-state index < -0.39 is 0 Å². The van der Waals surface area contributed by atoms with E-state index in [1.165, 1.54) is 5.56 Å². The van der Waals surface area contributed by atoms with Gasteiger partial charge in [-0.3, -0.25) is 9.59 Å². The lowest BCUT2D eigenvalue weighted by atomic mass is 9.87. The van der Waals surface area contributed by atoms with Gasteiger partial charge in [0.1, 0.15) is 0 Å². The van der Waals surface area contributed by atoms with E-state index in [1.807, 2.05) is 50.2 Å². The summed E-state index contributed by atoms with van der Waals surface area (Å²) < 4.78 is 0. The normalized spacial score (nSPS) is 15.0. The number of rotatable bonds is 5. The molecule has 0 saturated carbocycles. The summed E-state index contributed by atoms with van der Waals surface area (Å²) in [6, 6.07) is 13.4. The number of nitrogens with zero attached hydrogens (tertiary/aromatic N) is 1. The summed E-state index contributed by atoms with van der Waals surface area (Å²) in [5, 5.41) is 5.97. The van der Waals surface area contributed by atoms with Crippen molar-refractivity contribution in [1.82, 2.24) is 5.32 Å². The number of carbonyl (C=O) groups excluding carboxylic acids is 2. The lowest BCUT2D eigenvalue weighted by molar-refractivity contribution is 0.0942. The third kappa shape index (κ3) is 5.90. The Hall–Kier alpha value is -2.82. The van der Waals surface area contributed by atoms with Gasteiger partial charge in [-0.2, -0.15) is 0 Å². The maximum atomic E-state index is 13.0. The first-order valence-electron chi connectivity index (χ1n) is 11.7. The van der Waals surface area contributed by atoms with Crippen molar-refractivity contribution in [2.24, 2.45) is 5.92 Å². The molecule has 3 rings (SSSR count). The van der Waals surface area contributed by atoms with E-state index in [4.69, 9.17) is 0 Å². The van der Waals surface area contributed by atoms with Gasteiger partial charge in [-0.15, -0.1) is 0 Å². The lowest BCUT2D eigenvalue weighted by Crippen LogP contribution is -2.36. The van der Waals surface area contributed by atoms with Crippen LogP contribution in [0.15, 0.2) is 42.5 Å². The largest absolute Gasteiger partial charge is 0.371 e. The lowest BCUT2D eigenvalue weighted by Gasteiger charge is -2.33. The van der Waals surface area contributed by atoms with Crippen molar-refractivity contribution >= 4 is 23.2 Å². The average molecular weight is 436 g/mol. The third-order valence-electron chi connectivity index (χ3n) is 6.06. The molecule has 0 aliphatic carbocycles. The molecule has 0 aromatic heterocycles. The fourth-order valence-corrected chi connectivity index (χ4v) is 3.99. The maximum Gasteiger partial charge on any atom is 0.255 e. The second-order valence-electron chi connectivity index (χ2n) is 10.3. The molecule has 1 saturated heterocycles. The van der Waals surface area contributed by atoms with Crippen LogP contribution in [0.1, 0.15) is 80.7 Å². The summed E-state index contributed by atoms with van der Waals surface area (Å²) in [6.07, 6.45) is 2.24. The molecule has 32 heavy (non-hydrogen) atoms. The van der Waals surface area contributed by atoms with E-state index in [9.17, 15) is 9.59 Å². The van der Waals surface area contributed by atoms with Gasteiger partial charge >= 0.3 is 0 Å². The van der Waals surface area contributed by atoms with Crippen LogP contribution in [0.25, 0.3) is 0 Å². The van der Waals surface area contributed by atoms with E-state index in [0.717, 1.165) is 31.6 Å². The molecule has 0 spiro atoms. The summed E-state index contributed by atoms with van der Waals surface area (Å²) in [6.45, 7) is 14.5. The van der Waals surface area contributed by atoms with E-state index in [2.05, 4.69) is 43.2 Å². The topological polar surface area (TPSA) is 61.4 Å². The summed E-state index contributed by atoms with van der Waals surface area (Å²) >= 11 is 0. The molecule has 1 aliphatic rings. The van der Waals surface area contributed by atoms with Gasteiger partial charge in [0.25, 0.3) is 11.8 Å². The zero-order chi connectivity index (χ0) is 23.5. The molecule has 2 aromatic carbocycles. The number of amides is 2. The first-order valence-corrected chi connectivity index (χ1v) is 11.7. The van der Waals surface area contributed by atoms with Gasteiger partial charge < -0.3 is 15.5 Å². The van der Waals surface area contributed by atoms with E-state index in [0.29, 0.717) is 22.7 Å². The molecule has 1 heterocycles. The average Bonchev–Trinajstić information content (AvgIpc) is 2.73. The highest BCUT2D eigenvalue weighted by molar-refractivity contribution is 6.06. The van der Waals surface area contributed by atoms with Crippen molar-refractivity contribution in [2.45, 2.75) is 65.8 Å². The molecular weight excluding hydrogens is 398 g/mol. The van der Waals surface area contributed by atoms with Crippen molar-refractivity contribution in [1.29, 1.82) is 0 Å². The van der Waals surface area contributed by atoms with Crippen LogP contribution in [0, 0.1) is 5.92 Å². The predicted octanol–water partition coefficient (Wildman–Crippen LogP) is 5.61. The summed E-state index contributed by atoms with van der Waals surface area (Å²) in [5.74, 6) is 0.418. The second kappa shape index (κ2) is 9.76. The van der Waals surface area contributed by atoms with E-state index >= 15 is 0 Å². The molecule has 172 valence electrons. The fraction of sp³-hybridized carbons (Fsp3) is 0.481. The van der Waals surface area contributed by atoms with Crippen LogP contribution in [0.2, 0.25) is 0 Å². The Balaban J connectivity index is 1.83. The quantitative estimate of drug-likeness (QED) is 0.642. The summed E-state index contributed by atoms with van der Waals surface area (Å²) in [7, 11) is 0. The molecule has 0 atom stereocenters. The van der Waals surface area contributed by atoms with Gasteiger partial charge in [0, 0.05) is 36.1 Å². The Morgan fingerprint density at radius 3 is 2.16 bits per heavy atom. The van der Waals surface area contributed by atoms with Crippen LogP contribution in [0.4, 0.5) is 11.4 Å². The molecule has 0 bridgehead atoms. The number of benzene rings is 2. The number of nitrogens with one attached hydrogen (secondary N) is 2. The predicted molar refractivity (Wildman–Crippen MR) is 133 cm³/mol. The minimum absolute atomic E-state index is 0.0375. The van der Waals surface area contributed by atoms with Crippen molar-refractivity contribution < 1.29 is 9.59 Å². The van der Waals surface area contributed by atoms with Crippen LogP contribution >= 0.6 is 0 Å². The number of hydrogen-bond acceptors (Lipinski definition) is 3. The maximum absolute atomic E-state index is 13.0. The summed E-state index contributed by atoms with van der Waals surface area (Å²) in [4.78, 5) is 28.1. The fourth-order valence-electron chi connectivity index (χ4n) is 3.99. The van der Waals surface area contributed by atoms with E-state index in [-0.39, 0.29) is 23.3 Å². The molecule has 5 heteroatoms. The highest BCUT2D eigenvalue weighted by Crippen LogP contribution is 2.29. The zero-order valence-corrected chi connectivity index (χ0v) is 20.3. The molecule has 2 aromatic rings.